The van der Waals surface area contributed by atoms with E-state index in [1.54, 1.807) is 12.1 Å². The smallest absolute Gasteiger partial charge is 0.217 e. The lowest BCUT2D eigenvalue weighted by atomic mass is 9.51. The summed E-state index contributed by atoms with van der Waals surface area (Å²) in [7, 11) is 0. The number of hydrogen-bond donors (Lipinski definition) is 1. The molecule has 27 heavy (non-hydrogen) atoms. The normalized spacial score (nSPS) is 35.9. The molecular weight excluding hydrogens is 387 g/mol. The van der Waals surface area contributed by atoms with Gasteiger partial charge in [0.1, 0.15) is 6.10 Å². The van der Waals surface area contributed by atoms with E-state index in [0.717, 1.165) is 12.8 Å². The summed E-state index contributed by atoms with van der Waals surface area (Å²) in [4.78, 5) is 0. The van der Waals surface area contributed by atoms with Gasteiger partial charge in [-0.05, 0) is 30.5 Å². The van der Waals surface area contributed by atoms with Crippen LogP contribution in [0.15, 0.2) is 18.2 Å². The number of halogens is 2. The number of hydrogen-bond acceptors (Lipinski definition) is 6. The summed E-state index contributed by atoms with van der Waals surface area (Å²) in [5.74, 6) is -2.09. The van der Waals surface area contributed by atoms with Gasteiger partial charge in [-0.3, -0.25) is 5.41 Å². The minimum atomic E-state index is -1.95. The average molecular weight is 401 g/mol. The number of rotatable bonds is 1. The van der Waals surface area contributed by atoms with Crippen molar-refractivity contribution in [1.29, 1.82) is 21.2 Å². The van der Waals surface area contributed by atoms with Crippen LogP contribution < -0.4 is 0 Å². The molecule has 8 heteroatoms. The molecule has 3 aliphatic rings. The van der Waals surface area contributed by atoms with E-state index < -0.39 is 28.6 Å². The minimum absolute atomic E-state index is 0.250. The summed E-state index contributed by atoms with van der Waals surface area (Å²) < 4.78 is 12.1. The Bertz CT molecular complexity index is 961. The van der Waals surface area contributed by atoms with Crippen LogP contribution in [0.4, 0.5) is 0 Å². The molecule has 3 fully saturated rings. The summed E-state index contributed by atoms with van der Waals surface area (Å²) in [5.41, 5.74) is -3.20. The topological polar surface area (TPSA) is 114 Å². The lowest BCUT2D eigenvalue weighted by molar-refractivity contribution is -0.294. The molecule has 1 aromatic rings. The first kappa shape index (κ1) is 18.1. The maximum Gasteiger partial charge on any atom is 0.217 e. The van der Waals surface area contributed by atoms with Gasteiger partial charge in [0.2, 0.25) is 17.1 Å². The van der Waals surface area contributed by atoms with E-state index in [1.807, 2.05) is 12.1 Å². The molecule has 1 saturated carbocycles. The third-order valence-corrected chi connectivity index (χ3v) is 6.80. The molecule has 4 unspecified atom stereocenters. The Morgan fingerprint density at radius 1 is 1.07 bits per heavy atom. The first-order valence-corrected chi connectivity index (χ1v) is 9.31. The number of nitriles is 3. The molecular formula is C19H14Cl2N4O2. The number of ether oxygens (including phenoxy) is 2. The second-order valence-electron chi connectivity index (χ2n) is 7.16. The molecule has 2 saturated heterocycles. The van der Waals surface area contributed by atoms with Crippen molar-refractivity contribution in [2.75, 3.05) is 0 Å². The minimum Gasteiger partial charge on any atom is -0.447 e. The van der Waals surface area contributed by atoms with Gasteiger partial charge < -0.3 is 9.47 Å². The van der Waals surface area contributed by atoms with Gasteiger partial charge in [-0.1, -0.05) is 35.7 Å². The Hall–Kier alpha value is -2.30. The maximum atomic E-state index is 10.2. The third-order valence-electron chi connectivity index (χ3n) is 6.06. The maximum absolute atomic E-state index is 10.2. The molecule has 6 nitrogen and oxygen atoms in total. The number of nitrogens with one attached hydrogen (secondary N) is 1. The van der Waals surface area contributed by atoms with Crippen molar-refractivity contribution in [3.8, 4) is 18.2 Å². The quantitative estimate of drug-likeness (QED) is 0.744. The standard InChI is InChI=1S/C19H14Cl2N4O2/c20-12-5-4-11(7-13(12)21)15-17(8-22,9-23)18(10-24)14-3-1-2-6-19(14,26-15)27-16(18)25/h4-5,7,14-15,25H,1-3,6H2. The number of benzene rings is 1. The van der Waals surface area contributed by atoms with Crippen LogP contribution in [-0.2, 0) is 9.47 Å². The molecule has 0 aromatic heterocycles. The molecule has 1 aliphatic carbocycles. The van der Waals surface area contributed by atoms with Crippen molar-refractivity contribution in [1.82, 2.24) is 0 Å². The molecule has 2 aliphatic heterocycles. The summed E-state index contributed by atoms with van der Waals surface area (Å²) >= 11 is 12.1. The van der Waals surface area contributed by atoms with Gasteiger partial charge in [-0.15, -0.1) is 0 Å². The van der Waals surface area contributed by atoms with Crippen molar-refractivity contribution in [2.45, 2.75) is 37.6 Å². The van der Waals surface area contributed by atoms with Gasteiger partial charge in [0.25, 0.3) is 0 Å². The predicted molar refractivity (Wildman–Crippen MR) is 95.5 cm³/mol. The summed E-state index contributed by atoms with van der Waals surface area (Å²) in [6.45, 7) is 0. The Morgan fingerprint density at radius 2 is 1.81 bits per heavy atom. The van der Waals surface area contributed by atoms with Crippen LogP contribution in [0, 0.1) is 56.2 Å². The SMILES string of the molecule is N#CC1(C#N)C(c2ccc(Cl)c(Cl)c2)OC23CCCCC2C1(C#N)C(=N)O3. The van der Waals surface area contributed by atoms with Gasteiger partial charge in [-0.25, -0.2) is 0 Å². The van der Waals surface area contributed by atoms with Gasteiger partial charge in [0.15, 0.2) is 5.41 Å². The second kappa shape index (κ2) is 5.85. The molecule has 136 valence electrons. The zero-order valence-electron chi connectivity index (χ0n) is 14.1. The second-order valence-corrected chi connectivity index (χ2v) is 7.98. The van der Waals surface area contributed by atoms with Crippen molar-refractivity contribution in [3.05, 3.63) is 33.8 Å². The lowest BCUT2D eigenvalue weighted by Gasteiger charge is -2.51. The molecule has 0 amide bonds. The van der Waals surface area contributed by atoms with E-state index in [0.29, 0.717) is 23.4 Å². The Morgan fingerprint density at radius 3 is 2.44 bits per heavy atom. The summed E-state index contributed by atoms with van der Waals surface area (Å²) in [6.07, 6.45) is 1.58. The Balaban J connectivity index is 2.00. The fourth-order valence-corrected chi connectivity index (χ4v) is 5.14. The monoisotopic (exact) mass is 400 g/mol. The Kier molecular flexibility index (Phi) is 3.92. The van der Waals surface area contributed by atoms with Crippen LogP contribution in [0.2, 0.25) is 10.0 Å². The summed E-state index contributed by atoms with van der Waals surface area (Å²) in [5, 5.41) is 39.4. The Labute approximate surface area is 166 Å². The molecule has 1 aromatic carbocycles. The van der Waals surface area contributed by atoms with Crippen LogP contribution in [0.3, 0.4) is 0 Å². The summed E-state index contributed by atoms with van der Waals surface area (Å²) in [6, 6.07) is 10.9. The first-order chi connectivity index (χ1) is 12.9. The molecule has 2 heterocycles. The van der Waals surface area contributed by atoms with E-state index in [1.165, 1.54) is 6.07 Å². The van der Waals surface area contributed by atoms with Crippen LogP contribution >= 0.6 is 23.2 Å². The van der Waals surface area contributed by atoms with Gasteiger partial charge in [0, 0.05) is 6.42 Å². The third kappa shape index (κ3) is 2.00. The van der Waals surface area contributed by atoms with Crippen LogP contribution in [0.25, 0.3) is 0 Å². The van der Waals surface area contributed by atoms with Crippen molar-refractivity contribution < 1.29 is 9.47 Å². The highest BCUT2D eigenvalue weighted by atomic mass is 35.5. The molecule has 4 atom stereocenters. The highest BCUT2D eigenvalue weighted by molar-refractivity contribution is 6.42. The van der Waals surface area contributed by atoms with E-state index in [-0.39, 0.29) is 10.9 Å². The van der Waals surface area contributed by atoms with E-state index >= 15 is 0 Å². The van der Waals surface area contributed by atoms with Crippen molar-refractivity contribution in [2.24, 2.45) is 16.7 Å². The van der Waals surface area contributed by atoms with Crippen LogP contribution in [0.1, 0.15) is 37.4 Å². The predicted octanol–water partition coefficient (Wildman–Crippen LogP) is 4.50. The molecule has 2 bridgehead atoms. The zero-order valence-corrected chi connectivity index (χ0v) is 15.6. The van der Waals surface area contributed by atoms with Crippen molar-refractivity contribution >= 4 is 29.1 Å². The zero-order chi connectivity index (χ0) is 19.4. The molecule has 1 N–H and O–H groups in total. The van der Waals surface area contributed by atoms with Gasteiger partial charge in [0.05, 0.1) is 34.2 Å². The fourth-order valence-electron chi connectivity index (χ4n) is 4.84. The highest BCUT2D eigenvalue weighted by Gasteiger charge is 2.80. The first-order valence-electron chi connectivity index (χ1n) is 8.55. The molecule has 0 spiro atoms. The molecule has 0 radical (unpaired) electrons. The molecule has 4 rings (SSSR count). The highest BCUT2D eigenvalue weighted by Crippen LogP contribution is 2.69. The van der Waals surface area contributed by atoms with Gasteiger partial charge >= 0.3 is 0 Å². The van der Waals surface area contributed by atoms with Crippen molar-refractivity contribution in [3.63, 3.8) is 0 Å². The average Bonchev–Trinajstić information content (AvgIpc) is 2.89. The van der Waals surface area contributed by atoms with Crippen LogP contribution in [0.5, 0.6) is 0 Å². The fraction of sp³-hybridized carbons (Fsp3) is 0.474. The van der Waals surface area contributed by atoms with Gasteiger partial charge in [-0.2, -0.15) is 15.8 Å². The van der Waals surface area contributed by atoms with E-state index in [9.17, 15) is 15.8 Å². The lowest BCUT2D eigenvalue weighted by Crippen LogP contribution is -2.60. The largest absolute Gasteiger partial charge is 0.447 e. The number of nitrogens with zero attached hydrogens (tertiary/aromatic N) is 3. The van der Waals surface area contributed by atoms with E-state index in [4.69, 9.17) is 38.1 Å². The van der Waals surface area contributed by atoms with E-state index in [2.05, 4.69) is 6.07 Å². The van der Waals surface area contributed by atoms with Crippen LogP contribution in [-0.4, -0.2) is 11.7 Å².